The molecule has 1 aliphatic heterocycles. The van der Waals surface area contributed by atoms with E-state index in [1.54, 1.807) is 30.3 Å². The number of urea groups is 1. The molecule has 0 spiro atoms. The van der Waals surface area contributed by atoms with Crippen LogP contribution in [0.15, 0.2) is 64.8 Å². The monoisotopic (exact) mass is 599 g/mol. The minimum atomic E-state index is -2.69. The molecular formula is C28H30ClN5O8. The fourth-order valence-corrected chi connectivity index (χ4v) is 4.84. The number of nitrogens with zero attached hydrogens (tertiary/aromatic N) is 3. The number of carbonyl (C=O) groups excluding carboxylic acids is 5. The number of nitrogens with one attached hydrogen (secondary N) is 2. The van der Waals surface area contributed by atoms with Crippen molar-refractivity contribution in [2.24, 2.45) is 27.5 Å². The molecule has 1 aliphatic rings. The molecule has 42 heavy (non-hydrogen) atoms. The molecule has 14 heteroatoms. The molecule has 0 saturated carbocycles. The van der Waals surface area contributed by atoms with Crippen LogP contribution in [-0.4, -0.2) is 62.1 Å². The van der Waals surface area contributed by atoms with Gasteiger partial charge in [-0.05, 0) is 57.2 Å². The Morgan fingerprint density at radius 1 is 1.05 bits per heavy atom. The Kier molecular flexibility index (Phi) is 10.4. The second kappa shape index (κ2) is 13.7. The van der Waals surface area contributed by atoms with E-state index in [0.29, 0.717) is 10.7 Å². The van der Waals surface area contributed by atoms with Gasteiger partial charge in [0.15, 0.2) is 0 Å². The molecule has 2 aromatic rings. The number of esters is 3. The maximum atomic E-state index is 14.0. The van der Waals surface area contributed by atoms with Crippen LogP contribution in [0.2, 0.25) is 5.02 Å². The molecular weight excluding hydrogens is 570 g/mol. The Balaban J connectivity index is 2.15. The van der Waals surface area contributed by atoms with Crippen molar-refractivity contribution in [3.05, 3.63) is 59.6 Å². The molecule has 0 aromatic heterocycles. The van der Waals surface area contributed by atoms with Crippen molar-refractivity contribution in [2.75, 3.05) is 31.2 Å². The van der Waals surface area contributed by atoms with Gasteiger partial charge in [-0.1, -0.05) is 29.8 Å². The van der Waals surface area contributed by atoms with Gasteiger partial charge in [0.1, 0.15) is 11.8 Å². The van der Waals surface area contributed by atoms with Crippen molar-refractivity contribution in [1.82, 2.24) is 5.43 Å². The van der Waals surface area contributed by atoms with Gasteiger partial charge in [-0.15, -0.1) is 0 Å². The minimum absolute atomic E-state index is 0.00243. The summed E-state index contributed by atoms with van der Waals surface area (Å²) in [6.45, 7) is 4.07. The SMILES string of the molecule is CCOC(=O)C(/C(C)=N\NC(=O)Nc1ccccc1)C(C(=O)OC)(C(=O)OC)C1C(=O)N(c2ccc(Cl)cc2)N=C1C. The number of amides is 3. The molecule has 0 saturated heterocycles. The number of ether oxygens (including phenoxy) is 3. The Labute approximate surface area is 246 Å². The molecule has 0 radical (unpaired) electrons. The fourth-order valence-electron chi connectivity index (χ4n) is 4.71. The Morgan fingerprint density at radius 2 is 1.64 bits per heavy atom. The molecule has 3 amide bonds. The highest BCUT2D eigenvalue weighted by Crippen LogP contribution is 2.45. The normalized spacial score (nSPS) is 15.8. The summed E-state index contributed by atoms with van der Waals surface area (Å²) in [5.74, 6) is -8.06. The van der Waals surface area contributed by atoms with Gasteiger partial charge >= 0.3 is 23.9 Å². The number of methoxy groups -OCH3 is 2. The number of halogens is 1. The third-order valence-electron chi connectivity index (χ3n) is 6.46. The van der Waals surface area contributed by atoms with Crippen molar-refractivity contribution in [3.63, 3.8) is 0 Å². The van der Waals surface area contributed by atoms with Gasteiger partial charge in [0.2, 0.25) is 5.41 Å². The van der Waals surface area contributed by atoms with Crippen LogP contribution in [0.4, 0.5) is 16.2 Å². The molecule has 1 heterocycles. The Morgan fingerprint density at radius 3 is 2.19 bits per heavy atom. The van der Waals surface area contributed by atoms with E-state index in [1.807, 2.05) is 0 Å². The Hall–Kier alpha value is -4.78. The lowest BCUT2D eigenvalue weighted by molar-refractivity contribution is -0.181. The fraction of sp³-hybridized carbons (Fsp3) is 0.321. The lowest BCUT2D eigenvalue weighted by atomic mass is 9.63. The number of anilines is 2. The third kappa shape index (κ3) is 6.25. The van der Waals surface area contributed by atoms with Crippen LogP contribution < -0.4 is 15.8 Å². The van der Waals surface area contributed by atoms with E-state index < -0.39 is 47.1 Å². The highest BCUT2D eigenvalue weighted by atomic mass is 35.5. The highest BCUT2D eigenvalue weighted by Gasteiger charge is 2.68. The van der Waals surface area contributed by atoms with Crippen LogP contribution in [0.25, 0.3) is 0 Å². The van der Waals surface area contributed by atoms with Gasteiger partial charge in [0.25, 0.3) is 5.91 Å². The van der Waals surface area contributed by atoms with Crippen molar-refractivity contribution in [1.29, 1.82) is 0 Å². The third-order valence-corrected chi connectivity index (χ3v) is 6.72. The van der Waals surface area contributed by atoms with Crippen molar-refractivity contribution >= 4 is 64.2 Å². The van der Waals surface area contributed by atoms with Gasteiger partial charge in [0, 0.05) is 10.7 Å². The van der Waals surface area contributed by atoms with E-state index in [4.69, 9.17) is 25.8 Å². The van der Waals surface area contributed by atoms with E-state index in [9.17, 15) is 24.0 Å². The molecule has 0 fully saturated rings. The summed E-state index contributed by atoms with van der Waals surface area (Å²) in [5, 5.41) is 12.2. The van der Waals surface area contributed by atoms with Crippen LogP contribution in [0.1, 0.15) is 20.8 Å². The molecule has 222 valence electrons. The quantitative estimate of drug-likeness (QED) is 0.138. The van der Waals surface area contributed by atoms with Gasteiger partial charge < -0.3 is 19.5 Å². The first-order valence-corrected chi connectivity index (χ1v) is 13.0. The zero-order chi connectivity index (χ0) is 31.0. The highest BCUT2D eigenvalue weighted by molar-refractivity contribution is 6.30. The zero-order valence-electron chi connectivity index (χ0n) is 23.5. The standard InChI is InChI=1S/C28H30ClN5O8/c1-6-42-24(36)22(16(2)31-32-27(39)30-19-10-8-7-9-11-19)28(25(37)40-4,26(38)41-5)21-17(3)33-34(23(21)35)20-14-12-18(29)13-15-20/h7-15,21-22H,6H2,1-5H3,(H2,30,32,39)/b31-16-. The summed E-state index contributed by atoms with van der Waals surface area (Å²) < 4.78 is 15.3. The molecule has 13 nitrogen and oxygen atoms in total. The maximum Gasteiger partial charge on any atom is 0.339 e. The van der Waals surface area contributed by atoms with Crippen LogP contribution in [0.3, 0.4) is 0 Å². The molecule has 2 atom stereocenters. The van der Waals surface area contributed by atoms with Gasteiger partial charge in [-0.3, -0.25) is 19.2 Å². The molecule has 2 aromatic carbocycles. The lowest BCUT2D eigenvalue weighted by Crippen LogP contribution is -2.60. The first kappa shape index (κ1) is 31.7. The topological polar surface area (TPSA) is 165 Å². The molecule has 0 aliphatic carbocycles. The smallest absolute Gasteiger partial charge is 0.339 e. The molecule has 2 N–H and O–H groups in total. The summed E-state index contributed by atoms with van der Waals surface area (Å²) in [7, 11) is 1.98. The molecule has 0 bridgehead atoms. The summed E-state index contributed by atoms with van der Waals surface area (Å²) in [6.07, 6.45) is 0. The number of rotatable bonds is 10. The number of carbonyl (C=O) groups is 5. The van der Waals surface area contributed by atoms with Crippen molar-refractivity contribution < 1.29 is 38.2 Å². The van der Waals surface area contributed by atoms with E-state index in [0.717, 1.165) is 19.2 Å². The van der Waals surface area contributed by atoms with Crippen molar-refractivity contribution in [2.45, 2.75) is 20.8 Å². The van der Waals surface area contributed by atoms with Gasteiger partial charge in [-0.2, -0.15) is 10.2 Å². The van der Waals surface area contributed by atoms with Gasteiger partial charge in [0.05, 0.1) is 37.9 Å². The van der Waals surface area contributed by atoms with Crippen LogP contribution in [0.5, 0.6) is 0 Å². The number of hydrogen-bond acceptors (Lipinski definition) is 10. The lowest BCUT2D eigenvalue weighted by Gasteiger charge is -2.37. The second-order valence-electron chi connectivity index (χ2n) is 9.02. The van der Waals surface area contributed by atoms with E-state index in [-0.39, 0.29) is 23.7 Å². The summed E-state index contributed by atoms with van der Waals surface area (Å²) in [6, 6.07) is 13.8. The molecule has 2 unspecified atom stereocenters. The zero-order valence-corrected chi connectivity index (χ0v) is 24.3. The number of benzene rings is 2. The second-order valence-corrected chi connectivity index (χ2v) is 9.46. The van der Waals surface area contributed by atoms with Crippen LogP contribution in [-0.2, 0) is 33.4 Å². The first-order chi connectivity index (χ1) is 20.0. The average molecular weight is 600 g/mol. The largest absolute Gasteiger partial charge is 0.468 e. The number of hydrogen-bond donors (Lipinski definition) is 2. The number of para-hydroxylation sites is 1. The number of hydrazone groups is 2. The summed E-state index contributed by atoms with van der Waals surface area (Å²) in [5.41, 5.74) is 0.0351. The van der Waals surface area contributed by atoms with Gasteiger partial charge in [-0.25, -0.2) is 15.2 Å². The molecule has 3 rings (SSSR count). The predicted octanol–water partition coefficient (Wildman–Crippen LogP) is 3.39. The van der Waals surface area contributed by atoms with Crippen LogP contribution in [0, 0.1) is 17.3 Å². The van der Waals surface area contributed by atoms with Crippen molar-refractivity contribution in [3.8, 4) is 0 Å². The predicted molar refractivity (Wildman–Crippen MR) is 154 cm³/mol. The maximum absolute atomic E-state index is 14.0. The minimum Gasteiger partial charge on any atom is -0.468 e. The van der Waals surface area contributed by atoms with E-state index in [1.165, 1.54) is 45.0 Å². The van der Waals surface area contributed by atoms with E-state index >= 15 is 0 Å². The Bertz CT molecular complexity index is 1400. The summed E-state index contributed by atoms with van der Waals surface area (Å²) in [4.78, 5) is 67.4. The first-order valence-electron chi connectivity index (χ1n) is 12.7. The average Bonchev–Trinajstić information content (AvgIpc) is 3.28. The van der Waals surface area contributed by atoms with Crippen LogP contribution >= 0.6 is 11.6 Å². The summed E-state index contributed by atoms with van der Waals surface area (Å²) >= 11 is 5.98. The van der Waals surface area contributed by atoms with E-state index in [2.05, 4.69) is 20.9 Å².